The summed E-state index contributed by atoms with van der Waals surface area (Å²) in [6.07, 6.45) is 1.54. The summed E-state index contributed by atoms with van der Waals surface area (Å²) in [5.41, 5.74) is 0.802. The van der Waals surface area contributed by atoms with Crippen molar-refractivity contribution in [2.24, 2.45) is 0 Å². The van der Waals surface area contributed by atoms with Gasteiger partial charge < -0.3 is 14.1 Å². The number of oxazole rings is 1. The molecule has 0 saturated carbocycles. The van der Waals surface area contributed by atoms with Crippen molar-refractivity contribution in [3.63, 3.8) is 0 Å². The minimum absolute atomic E-state index is 0.144. The molecule has 0 atom stereocenters. The van der Waals surface area contributed by atoms with E-state index in [0.29, 0.717) is 12.5 Å². The molecule has 0 spiro atoms. The molecule has 22 heavy (non-hydrogen) atoms. The maximum atomic E-state index is 12.2. The minimum atomic E-state index is -0.329. The van der Waals surface area contributed by atoms with Crippen LogP contribution in [0.5, 0.6) is 0 Å². The van der Waals surface area contributed by atoms with Gasteiger partial charge in [-0.1, -0.05) is 18.2 Å². The normalized spacial score (nSPS) is 10.3. The number of ether oxygens (including phenoxy) is 1. The van der Waals surface area contributed by atoms with E-state index in [0.717, 1.165) is 5.56 Å². The lowest BCUT2D eigenvalue weighted by molar-refractivity contribution is -0.143. The highest BCUT2D eigenvalue weighted by molar-refractivity contribution is 5.91. The number of hydrogen-bond donors (Lipinski definition) is 0. The lowest BCUT2D eigenvalue weighted by Gasteiger charge is -2.14. The SMILES string of the molecule is CCOC(=O)CCN(C)C(=O)c1cnc(-c2ccccc2)o1. The lowest BCUT2D eigenvalue weighted by Crippen LogP contribution is -2.29. The van der Waals surface area contributed by atoms with E-state index >= 15 is 0 Å². The second kappa shape index (κ2) is 7.40. The molecular formula is C16H18N2O4. The smallest absolute Gasteiger partial charge is 0.307 e. The Hall–Kier alpha value is -2.63. The fourth-order valence-corrected chi connectivity index (χ4v) is 1.87. The number of rotatable bonds is 6. The first kappa shape index (κ1) is 15.8. The van der Waals surface area contributed by atoms with Gasteiger partial charge in [-0.15, -0.1) is 0 Å². The van der Waals surface area contributed by atoms with Crippen LogP contribution in [0.15, 0.2) is 40.9 Å². The predicted molar refractivity (Wildman–Crippen MR) is 80.1 cm³/mol. The van der Waals surface area contributed by atoms with Crippen molar-refractivity contribution in [2.45, 2.75) is 13.3 Å². The van der Waals surface area contributed by atoms with E-state index in [9.17, 15) is 9.59 Å². The van der Waals surface area contributed by atoms with Gasteiger partial charge in [-0.05, 0) is 19.1 Å². The van der Waals surface area contributed by atoms with Crippen LogP contribution in [0.3, 0.4) is 0 Å². The Morgan fingerprint density at radius 3 is 2.68 bits per heavy atom. The highest BCUT2D eigenvalue weighted by Crippen LogP contribution is 2.19. The second-order valence-electron chi connectivity index (χ2n) is 4.68. The third kappa shape index (κ3) is 3.94. The summed E-state index contributed by atoms with van der Waals surface area (Å²) in [6, 6.07) is 9.33. The molecule has 0 saturated heterocycles. The third-order valence-electron chi connectivity index (χ3n) is 3.04. The van der Waals surface area contributed by atoms with E-state index < -0.39 is 0 Å². The molecule has 6 nitrogen and oxygen atoms in total. The van der Waals surface area contributed by atoms with Crippen LogP contribution in [-0.2, 0) is 9.53 Å². The van der Waals surface area contributed by atoms with E-state index in [1.54, 1.807) is 14.0 Å². The van der Waals surface area contributed by atoms with Crippen molar-refractivity contribution in [1.29, 1.82) is 0 Å². The van der Waals surface area contributed by atoms with Gasteiger partial charge in [0.05, 0.1) is 19.2 Å². The molecule has 0 aliphatic rings. The van der Waals surface area contributed by atoms with Crippen molar-refractivity contribution in [1.82, 2.24) is 9.88 Å². The average Bonchev–Trinajstić information content (AvgIpc) is 3.03. The van der Waals surface area contributed by atoms with Gasteiger partial charge in [0, 0.05) is 19.2 Å². The maximum absolute atomic E-state index is 12.2. The first-order chi connectivity index (χ1) is 10.6. The Balaban J connectivity index is 1.98. The Morgan fingerprint density at radius 2 is 2.00 bits per heavy atom. The number of hydrogen-bond acceptors (Lipinski definition) is 5. The molecule has 2 rings (SSSR count). The first-order valence-corrected chi connectivity index (χ1v) is 7.04. The maximum Gasteiger partial charge on any atom is 0.307 e. The number of carbonyl (C=O) groups excluding carboxylic acids is 2. The average molecular weight is 302 g/mol. The van der Waals surface area contributed by atoms with Gasteiger partial charge in [0.25, 0.3) is 5.91 Å². The van der Waals surface area contributed by atoms with Crippen molar-refractivity contribution in [2.75, 3.05) is 20.2 Å². The zero-order chi connectivity index (χ0) is 15.9. The highest BCUT2D eigenvalue weighted by Gasteiger charge is 2.18. The molecule has 1 aromatic heterocycles. The Morgan fingerprint density at radius 1 is 1.27 bits per heavy atom. The number of amides is 1. The van der Waals surface area contributed by atoms with Gasteiger partial charge in [-0.2, -0.15) is 0 Å². The largest absolute Gasteiger partial charge is 0.466 e. The number of carbonyl (C=O) groups is 2. The zero-order valence-corrected chi connectivity index (χ0v) is 12.6. The van der Waals surface area contributed by atoms with Crippen molar-refractivity contribution in [3.8, 4) is 11.5 Å². The number of benzene rings is 1. The third-order valence-corrected chi connectivity index (χ3v) is 3.04. The molecule has 0 unspecified atom stereocenters. The van der Waals surface area contributed by atoms with Crippen LogP contribution in [-0.4, -0.2) is 42.0 Å². The van der Waals surface area contributed by atoms with Crippen LogP contribution in [0, 0.1) is 0 Å². The molecule has 1 amide bonds. The van der Waals surface area contributed by atoms with Crippen LogP contribution in [0.4, 0.5) is 0 Å². The summed E-state index contributed by atoms with van der Waals surface area (Å²) < 4.78 is 10.3. The van der Waals surface area contributed by atoms with E-state index in [1.165, 1.54) is 11.1 Å². The Labute approximate surface area is 128 Å². The van der Waals surface area contributed by atoms with E-state index in [-0.39, 0.29) is 30.6 Å². The zero-order valence-electron chi connectivity index (χ0n) is 12.6. The Bertz CT molecular complexity index is 637. The van der Waals surface area contributed by atoms with Gasteiger partial charge in [-0.25, -0.2) is 4.98 Å². The summed E-state index contributed by atoms with van der Waals surface area (Å²) in [4.78, 5) is 29.0. The standard InChI is InChI=1S/C16H18N2O4/c1-3-21-14(19)9-10-18(2)16(20)13-11-17-15(22-13)12-7-5-4-6-8-12/h4-8,11H,3,9-10H2,1-2H3. The second-order valence-corrected chi connectivity index (χ2v) is 4.68. The monoisotopic (exact) mass is 302 g/mol. The van der Waals surface area contributed by atoms with Crippen LogP contribution in [0.25, 0.3) is 11.5 Å². The van der Waals surface area contributed by atoms with Crippen LogP contribution >= 0.6 is 0 Å². The molecule has 1 heterocycles. The summed E-state index contributed by atoms with van der Waals surface area (Å²) in [5, 5.41) is 0. The van der Waals surface area contributed by atoms with E-state index in [1.807, 2.05) is 30.3 Å². The molecule has 6 heteroatoms. The van der Waals surface area contributed by atoms with Gasteiger partial charge in [0.2, 0.25) is 11.7 Å². The number of esters is 1. The molecule has 0 N–H and O–H groups in total. The van der Waals surface area contributed by atoms with Gasteiger partial charge in [-0.3, -0.25) is 9.59 Å². The van der Waals surface area contributed by atoms with E-state index in [2.05, 4.69) is 4.98 Å². The quantitative estimate of drug-likeness (QED) is 0.766. The Kier molecular flexibility index (Phi) is 5.30. The lowest BCUT2D eigenvalue weighted by atomic mass is 10.2. The topological polar surface area (TPSA) is 72.6 Å². The molecule has 116 valence electrons. The predicted octanol–water partition coefficient (Wildman–Crippen LogP) is 2.37. The van der Waals surface area contributed by atoms with E-state index in [4.69, 9.17) is 9.15 Å². The molecule has 0 bridgehead atoms. The molecule has 0 aliphatic carbocycles. The van der Waals surface area contributed by atoms with Crippen LogP contribution in [0.1, 0.15) is 23.9 Å². The summed E-state index contributed by atoms with van der Waals surface area (Å²) in [5.74, 6) is -0.114. The summed E-state index contributed by atoms with van der Waals surface area (Å²) in [7, 11) is 1.60. The van der Waals surface area contributed by atoms with Crippen LogP contribution in [0.2, 0.25) is 0 Å². The van der Waals surface area contributed by atoms with Crippen LogP contribution < -0.4 is 0 Å². The fraction of sp³-hybridized carbons (Fsp3) is 0.312. The molecule has 1 aromatic carbocycles. The minimum Gasteiger partial charge on any atom is -0.466 e. The van der Waals surface area contributed by atoms with Gasteiger partial charge in [0.1, 0.15) is 0 Å². The molecule has 2 aromatic rings. The number of aromatic nitrogens is 1. The molecule has 0 radical (unpaired) electrons. The van der Waals surface area contributed by atoms with Crippen molar-refractivity contribution < 1.29 is 18.7 Å². The molecular weight excluding hydrogens is 284 g/mol. The van der Waals surface area contributed by atoms with Crippen molar-refractivity contribution in [3.05, 3.63) is 42.3 Å². The highest BCUT2D eigenvalue weighted by atomic mass is 16.5. The number of nitrogens with zero attached hydrogens (tertiary/aromatic N) is 2. The van der Waals surface area contributed by atoms with Gasteiger partial charge in [0.15, 0.2) is 0 Å². The molecule has 0 aliphatic heterocycles. The summed E-state index contributed by atoms with van der Waals surface area (Å²) in [6.45, 7) is 2.34. The fourth-order valence-electron chi connectivity index (χ4n) is 1.87. The first-order valence-electron chi connectivity index (χ1n) is 7.04. The van der Waals surface area contributed by atoms with Gasteiger partial charge >= 0.3 is 5.97 Å². The summed E-state index contributed by atoms with van der Waals surface area (Å²) >= 11 is 0. The molecule has 0 fully saturated rings. The van der Waals surface area contributed by atoms with Crippen molar-refractivity contribution >= 4 is 11.9 Å².